The van der Waals surface area contributed by atoms with Crippen molar-refractivity contribution in [2.75, 3.05) is 6.61 Å². The smallest absolute Gasteiger partial charge is 0.334 e. The van der Waals surface area contributed by atoms with Gasteiger partial charge >= 0.3 is 23.9 Å². The Morgan fingerprint density at radius 2 is 1.87 bits per heavy atom. The van der Waals surface area contributed by atoms with Crippen LogP contribution >= 0.6 is 0 Å². The van der Waals surface area contributed by atoms with E-state index in [1.54, 1.807) is 13.8 Å². The van der Waals surface area contributed by atoms with Crippen molar-refractivity contribution in [3.8, 4) is 0 Å². The first-order valence-corrected chi connectivity index (χ1v) is 16.7. The molecular weight excluding hydrogens is 576 g/mol. The van der Waals surface area contributed by atoms with Gasteiger partial charge in [0.15, 0.2) is 0 Å². The molecule has 0 aromatic heterocycles. The molecule has 246 valence electrons. The molecule has 2 heterocycles. The van der Waals surface area contributed by atoms with E-state index in [1.165, 1.54) is 6.92 Å². The Morgan fingerprint density at radius 1 is 1.16 bits per heavy atom. The van der Waals surface area contributed by atoms with E-state index in [1.807, 2.05) is 6.92 Å². The molecule has 4 fully saturated rings. The Labute approximate surface area is 265 Å². The molecule has 2 aliphatic heterocycles. The van der Waals surface area contributed by atoms with E-state index in [4.69, 9.17) is 18.9 Å². The standard InChI is InChI=1S/C36H48O9/c1-17(2)31(39)45-34(8)15-28-26(14-24(34)18(3)10-9-11-37)36(33(41)44-28)16-35-19(4)12-27-23(20(5)32(40)43-27)13-25(35)21(6)29(36)30(35)42-22(7)38/h14,17-19,23,26-30,37H,5,9-13,15-16H2,1-4,6-8H3/t18-,19-,23+,26-,27-,28+,29-,30?,34-,35-,36-/m0/s1. The van der Waals surface area contributed by atoms with Crippen molar-refractivity contribution in [1.82, 2.24) is 0 Å². The van der Waals surface area contributed by atoms with Crippen LogP contribution in [-0.4, -0.2) is 59.5 Å². The second-order valence-electron chi connectivity index (χ2n) is 15.2. The second kappa shape index (κ2) is 10.8. The van der Waals surface area contributed by atoms with E-state index in [0.29, 0.717) is 44.1 Å². The van der Waals surface area contributed by atoms with Crippen LogP contribution in [0.25, 0.3) is 0 Å². The highest BCUT2D eigenvalue weighted by molar-refractivity contribution is 5.91. The van der Waals surface area contributed by atoms with E-state index in [0.717, 1.165) is 16.7 Å². The number of fused-ring (bicyclic) bond motifs is 5. The van der Waals surface area contributed by atoms with Gasteiger partial charge in [0.25, 0.3) is 0 Å². The first-order chi connectivity index (χ1) is 21.1. The minimum Gasteiger partial charge on any atom is -0.461 e. The Bertz CT molecular complexity index is 1410. The summed E-state index contributed by atoms with van der Waals surface area (Å²) >= 11 is 0. The van der Waals surface area contributed by atoms with Crippen molar-refractivity contribution in [3.05, 3.63) is 34.9 Å². The lowest BCUT2D eigenvalue weighted by Gasteiger charge is -2.46. The highest BCUT2D eigenvalue weighted by atomic mass is 16.6. The van der Waals surface area contributed by atoms with Crippen molar-refractivity contribution >= 4 is 23.9 Å². The highest BCUT2D eigenvalue weighted by Gasteiger charge is 2.79. The zero-order chi connectivity index (χ0) is 32.8. The van der Waals surface area contributed by atoms with Gasteiger partial charge in [-0.3, -0.25) is 14.4 Å². The molecule has 2 spiro atoms. The van der Waals surface area contributed by atoms with Gasteiger partial charge < -0.3 is 24.1 Å². The first-order valence-electron chi connectivity index (χ1n) is 16.7. The summed E-state index contributed by atoms with van der Waals surface area (Å²) in [5.41, 5.74) is 1.07. The zero-order valence-electron chi connectivity index (χ0n) is 27.6. The fraction of sp³-hybridized carbons (Fsp3) is 0.722. The van der Waals surface area contributed by atoms with Crippen LogP contribution in [0, 0.1) is 46.3 Å². The van der Waals surface area contributed by atoms with Crippen molar-refractivity contribution < 1.29 is 43.2 Å². The molecule has 0 aromatic carbocycles. The highest BCUT2D eigenvalue weighted by Crippen LogP contribution is 2.76. The maximum Gasteiger partial charge on any atom is 0.334 e. The first kappa shape index (κ1) is 32.0. The summed E-state index contributed by atoms with van der Waals surface area (Å²) in [7, 11) is 0. The Hall–Kier alpha value is -2.94. The van der Waals surface area contributed by atoms with Gasteiger partial charge in [0.05, 0.1) is 11.3 Å². The van der Waals surface area contributed by atoms with Crippen LogP contribution in [0.5, 0.6) is 0 Å². The maximum absolute atomic E-state index is 14.4. The third kappa shape index (κ3) is 4.42. The third-order valence-electron chi connectivity index (χ3n) is 12.4. The van der Waals surface area contributed by atoms with Gasteiger partial charge in [0.2, 0.25) is 0 Å². The number of rotatable bonds is 7. The largest absolute Gasteiger partial charge is 0.461 e. The minimum absolute atomic E-state index is 0.0130. The fourth-order valence-electron chi connectivity index (χ4n) is 10.4. The predicted octanol–water partition coefficient (Wildman–Crippen LogP) is 5.01. The molecule has 9 heteroatoms. The molecule has 2 saturated heterocycles. The molecule has 1 N–H and O–H groups in total. The molecule has 6 rings (SSSR count). The lowest BCUT2D eigenvalue weighted by Crippen LogP contribution is -2.49. The summed E-state index contributed by atoms with van der Waals surface area (Å²) in [4.78, 5) is 52.6. The van der Waals surface area contributed by atoms with Gasteiger partial charge in [-0.15, -0.1) is 0 Å². The normalized spacial score (nSPS) is 42.1. The van der Waals surface area contributed by atoms with E-state index in [-0.39, 0.29) is 60.2 Å². The number of ether oxygens (including phenoxy) is 4. The summed E-state index contributed by atoms with van der Waals surface area (Å²) in [6.07, 6.45) is 4.04. The summed E-state index contributed by atoms with van der Waals surface area (Å²) in [6.45, 7) is 17.3. The van der Waals surface area contributed by atoms with Crippen LogP contribution in [0.2, 0.25) is 0 Å². The Morgan fingerprint density at radius 3 is 2.51 bits per heavy atom. The van der Waals surface area contributed by atoms with Gasteiger partial charge in [-0.25, -0.2) is 4.79 Å². The summed E-state index contributed by atoms with van der Waals surface area (Å²) in [5, 5.41) is 9.61. The molecule has 4 aliphatic carbocycles. The lowest BCUT2D eigenvalue weighted by molar-refractivity contribution is -0.164. The molecule has 6 aliphatic rings. The summed E-state index contributed by atoms with van der Waals surface area (Å²) < 4.78 is 24.5. The van der Waals surface area contributed by atoms with Crippen LogP contribution in [0.15, 0.2) is 34.9 Å². The number of aliphatic hydroxyl groups excluding tert-OH is 1. The van der Waals surface area contributed by atoms with Gasteiger partial charge in [0.1, 0.15) is 23.9 Å². The number of carbonyl (C=O) groups is 4. The Balaban J connectivity index is 1.49. The molecule has 9 nitrogen and oxygen atoms in total. The molecule has 2 bridgehead atoms. The molecule has 0 radical (unpaired) electrons. The molecule has 11 atom stereocenters. The number of hydrogen-bond donors (Lipinski definition) is 1. The van der Waals surface area contributed by atoms with E-state index >= 15 is 0 Å². The van der Waals surface area contributed by atoms with Crippen LogP contribution in [-0.2, 0) is 38.1 Å². The number of hydrogen-bond acceptors (Lipinski definition) is 9. The van der Waals surface area contributed by atoms with Crippen LogP contribution in [0.1, 0.15) is 87.0 Å². The van der Waals surface area contributed by atoms with E-state index in [9.17, 15) is 24.3 Å². The van der Waals surface area contributed by atoms with Crippen molar-refractivity contribution in [2.24, 2.45) is 46.3 Å². The predicted molar refractivity (Wildman–Crippen MR) is 163 cm³/mol. The topological polar surface area (TPSA) is 125 Å². The summed E-state index contributed by atoms with van der Waals surface area (Å²) in [5.74, 6) is -2.58. The quantitative estimate of drug-likeness (QED) is 0.180. The number of aliphatic hydroxyl groups is 1. The average Bonchev–Trinajstić information content (AvgIpc) is 3.53. The summed E-state index contributed by atoms with van der Waals surface area (Å²) in [6, 6.07) is 0. The zero-order valence-corrected chi connectivity index (χ0v) is 27.6. The van der Waals surface area contributed by atoms with E-state index < -0.39 is 40.5 Å². The second-order valence-corrected chi connectivity index (χ2v) is 15.2. The van der Waals surface area contributed by atoms with Gasteiger partial charge in [-0.05, 0) is 63.4 Å². The van der Waals surface area contributed by atoms with Crippen molar-refractivity contribution in [1.29, 1.82) is 0 Å². The van der Waals surface area contributed by atoms with Crippen LogP contribution in [0.3, 0.4) is 0 Å². The fourth-order valence-corrected chi connectivity index (χ4v) is 10.4. The Kier molecular flexibility index (Phi) is 7.69. The molecule has 1 unspecified atom stereocenters. The third-order valence-corrected chi connectivity index (χ3v) is 12.4. The van der Waals surface area contributed by atoms with Crippen LogP contribution in [0.4, 0.5) is 0 Å². The molecule has 0 amide bonds. The average molecular weight is 625 g/mol. The SMILES string of the molecule is C=C1C(=O)O[C@H]2C[C@H](C)[C@@]34C[C@@]5(C(=O)O[C@@H]6C[C@](C)(OC(=O)C(C)C)C([C@@H](C)CCCO)=C[C@@H]65)[C@@H](C(C)=C3C[C@H]12)C4OC(C)=O. The molecule has 2 saturated carbocycles. The number of esters is 4. The number of carbonyl (C=O) groups excluding carboxylic acids is 4. The molecule has 0 aromatic rings. The van der Waals surface area contributed by atoms with E-state index in [2.05, 4.69) is 33.4 Å². The molecular formula is C36H48O9. The van der Waals surface area contributed by atoms with Crippen molar-refractivity contribution in [2.45, 2.75) is 111 Å². The monoisotopic (exact) mass is 624 g/mol. The molecule has 45 heavy (non-hydrogen) atoms. The lowest BCUT2D eigenvalue weighted by atomic mass is 9.56. The van der Waals surface area contributed by atoms with Gasteiger partial charge in [-0.1, -0.05) is 51.5 Å². The minimum atomic E-state index is -0.971. The van der Waals surface area contributed by atoms with Gasteiger partial charge in [-0.2, -0.15) is 0 Å². The van der Waals surface area contributed by atoms with Crippen LogP contribution < -0.4 is 0 Å². The maximum atomic E-state index is 14.4. The van der Waals surface area contributed by atoms with Gasteiger partial charge in [0, 0.05) is 48.7 Å². The van der Waals surface area contributed by atoms with Crippen molar-refractivity contribution in [3.63, 3.8) is 0 Å².